The number of likely N-dealkylation sites (tertiary alicyclic amines) is 1. The van der Waals surface area contributed by atoms with Crippen LogP contribution in [-0.4, -0.2) is 29.7 Å². The minimum Gasteiger partial charge on any atom is -0.343 e. The third-order valence-corrected chi connectivity index (χ3v) is 3.40. The van der Waals surface area contributed by atoms with Crippen LogP contribution < -0.4 is 0 Å². The zero-order valence-electron chi connectivity index (χ0n) is 10.8. The van der Waals surface area contributed by atoms with Gasteiger partial charge in [-0.05, 0) is 19.8 Å². The second-order valence-corrected chi connectivity index (χ2v) is 4.88. The van der Waals surface area contributed by atoms with Gasteiger partial charge in [0.15, 0.2) is 5.78 Å². The van der Waals surface area contributed by atoms with Gasteiger partial charge in [-0.1, -0.05) is 29.8 Å². The van der Waals surface area contributed by atoms with Gasteiger partial charge in [0.2, 0.25) is 5.91 Å². The Morgan fingerprint density at radius 1 is 1.06 bits per heavy atom. The summed E-state index contributed by atoms with van der Waals surface area (Å²) in [4.78, 5) is 25.6. The minimum atomic E-state index is 0.0579. The van der Waals surface area contributed by atoms with Gasteiger partial charge >= 0.3 is 0 Å². The number of rotatable bonds is 4. The van der Waals surface area contributed by atoms with Crippen LogP contribution in [0.15, 0.2) is 24.3 Å². The first-order chi connectivity index (χ1) is 8.66. The van der Waals surface area contributed by atoms with E-state index in [2.05, 4.69) is 0 Å². The molecular weight excluding hydrogens is 226 g/mol. The predicted octanol–water partition coefficient (Wildman–Crippen LogP) is 2.58. The number of hydrogen-bond donors (Lipinski definition) is 0. The van der Waals surface area contributed by atoms with E-state index in [4.69, 9.17) is 0 Å². The molecular formula is C15H19NO2. The quantitative estimate of drug-likeness (QED) is 0.765. The molecule has 0 unspecified atom stereocenters. The topological polar surface area (TPSA) is 37.4 Å². The third-order valence-electron chi connectivity index (χ3n) is 3.40. The highest BCUT2D eigenvalue weighted by molar-refractivity contribution is 5.97. The first-order valence-corrected chi connectivity index (χ1v) is 6.54. The van der Waals surface area contributed by atoms with E-state index in [0.717, 1.165) is 31.5 Å². The van der Waals surface area contributed by atoms with Crippen LogP contribution in [-0.2, 0) is 4.79 Å². The van der Waals surface area contributed by atoms with Crippen molar-refractivity contribution >= 4 is 11.7 Å². The Balaban J connectivity index is 1.84. The molecule has 1 heterocycles. The van der Waals surface area contributed by atoms with E-state index in [9.17, 15) is 9.59 Å². The molecule has 1 aliphatic heterocycles. The van der Waals surface area contributed by atoms with Gasteiger partial charge < -0.3 is 4.90 Å². The number of carbonyl (C=O) groups is 2. The number of Topliss-reactive ketones (excluding diaryl/α,β-unsaturated/α-hetero) is 1. The highest BCUT2D eigenvalue weighted by Crippen LogP contribution is 2.12. The fraction of sp³-hybridized carbons (Fsp3) is 0.467. The molecule has 0 saturated carbocycles. The van der Waals surface area contributed by atoms with Crippen molar-refractivity contribution in [2.75, 3.05) is 13.1 Å². The largest absolute Gasteiger partial charge is 0.343 e. The molecule has 1 fully saturated rings. The van der Waals surface area contributed by atoms with Crippen LogP contribution in [0.5, 0.6) is 0 Å². The highest BCUT2D eigenvalue weighted by atomic mass is 16.2. The molecule has 0 radical (unpaired) electrons. The Hall–Kier alpha value is -1.64. The Kier molecular flexibility index (Phi) is 4.13. The number of ketones is 1. The minimum absolute atomic E-state index is 0.0579. The number of amides is 1. The lowest BCUT2D eigenvalue weighted by atomic mass is 10.0. The SMILES string of the molecule is Cc1ccc(C(=O)CCC(=O)N2CCCC2)cc1. The summed E-state index contributed by atoms with van der Waals surface area (Å²) in [5.74, 6) is 0.176. The normalized spacial score (nSPS) is 14.8. The fourth-order valence-electron chi connectivity index (χ4n) is 2.23. The summed E-state index contributed by atoms with van der Waals surface area (Å²) < 4.78 is 0. The van der Waals surface area contributed by atoms with Gasteiger partial charge in [0, 0.05) is 31.5 Å². The summed E-state index contributed by atoms with van der Waals surface area (Å²) in [6, 6.07) is 7.51. The summed E-state index contributed by atoms with van der Waals surface area (Å²) in [5.41, 5.74) is 1.84. The lowest BCUT2D eigenvalue weighted by molar-refractivity contribution is -0.130. The molecule has 0 spiro atoms. The molecule has 1 saturated heterocycles. The lowest BCUT2D eigenvalue weighted by Gasteiger charge is -2.14. The van der Waals surface area contributed by atoms with Crippen molar-refractivity contribution in [2.45, 2.75) is 32.6 Å². The maximum atomic E-state index is 11.9. The van der Waals surface area contributed by atoms with Crippen LogP contribution in [0, 0.1) is 6.92 Å². The van der Waals surface area contributed by atoms with Crippen LogP contribution in [0.25, 0.3) is 0 Å². The summed E-state index contributed by atoms with van der Waals surface area (Å²) in [6.45, 7) is 3.71. The molecule has 0 N–H and O–H groups in total. The Morgan fingerprint density at radius 2 is 1.67 bits per heavy atom. The maximum Gasteiger partial charge on any atom is 0.223 e. The lowest BCUT2D eigenvalue weighted by Crippen LogP contribution is -2.27. The van der Waals surface area contributed by atoms with Crippen molar-refractivity contribution in [1.82, 2.24) is 4.90 Å². The Morgan fingerprint density at radius 3 is 2.28 bits per heavy atom. The zero-order valence-corrected chi connectivity index (χ0v) is 10.8. The van der Waals surface area contributed by atoms with Gasteiger partial charge in [-0.15, -0.1) is 0 Å². The Bertz CT molecular complexity index is 430. The van der Waals surface area contributed by atoms with Crippen LogP contribution in [0.4, 0.5) is 0 Å². The average molecular weight is 245 g/mol. The van der Waals surface area contributed by atoms with E-state index in [1.807, 2.05) is 36.1 Å². The third kappa shape index (κ3) is 3.19. The van der Waals surface area contributed by atoms with Crippen molar-refractivity contribution in [3.05, 3.63) is 35.4 Å². The molecule has 1 aromatic rings. The van der Waals surface area contributed by atoms with E-state index in [-0.39, 0.29) is 11.7 Å². The highest BCUT2D eigenvalue weighted by Gasteiger charge is 2.18. The van der Waals surface area contributed by atoms with Crippen LogP contribution in [0.3, 0.4) is 0 Å². The maximum absolute atomic E-state index is 11.9. The monoisotopic (exact) mass is 245 g/mol. The molecule has 0 atom stereocenters. The van der Waals surface area contributed by atoms with Crippen molar-refractivity contribution in [1.29, 1.82) is 0 Å². The number of hydrogen-bond acceptors (Lipinski definition) is 2. The molecule has 18 heavy (non-hydrogen) atoms. The van der Waals surface area contributed by atoms with E-state index >= 15 is 0 Å². The van der Waals surface area contributed by atoms with Gasteiger partial charge in [-0.2, -0.15) is 0 Å². The summed E-state index contributed by atoms with van der Waals surface area (Å²) >= 11 is 0. The second-order valence-electron chi connectivity index (χ2n) is 4.88. The molecule has 1 amide bonds. The average Bonchev–Trinajstić information content (AvgIpc) is 2.90. The first-order valence-electron chi connectivity index (χ1n) is 6.54. The number of carbonyl (C=O) groups excluding carboxylic acids is 2. The van der Waals surface area contributed by atoms with Crippen molar-refractivity contribution in [3.8, 4) is 0 Å². The molecule has 0 aliphatic carbocycles. The van der Waals surface area contributed by atoms with Crippen LogP contribution in [0.2, 0.25) is 0 Å². The molecule has 3 heteroatoms. The molecule has 1 aliphatic rings. The molecule has 2 rings (SSSR count). The Labute approximate surface area is 108 Å². The smallest absolute Gasteiger partial charge is 0.223 e. The molecule has 0 bridgehead atoms. The predicted molar refractivity (Wildman–Crippen MR) is 70.6 cm³/mol. The van der Waals surface area contributed by atoms with E-state index in [1.54, 1.807) is 0 Å². The summed E-state index contributed by atoms with van der Waals surface area (Å²) in [7, 11) is 0. The number of aryl methyl sites for hydroxylation is 1. The van der Waals surface area contributed by atoms with Gasteiger partial charge in [0.1, 0.15) is 0 Å². The first kappa shape index (κ1) is 12.8. The van der Waals surface area contributed by atoms with Crippen molar-refractivity contribution in [2.24, 2.45) is 0 Å². The molecule has 0 aromatic heterocycles. The van der Waals surface area contributed by atoms with Crippen LogP contribution in [0.1, 0.15) is 41.6 Å². The molecule has 96 valence electrons. The zero-order chi connectivity index (χ0) is 13.0. The fourth-order valence-corrected chi connectivity index (χ4v) is 2.23. The van der Waals surface area contributed by atoms with Crippen molar-refractivity contribution < 1.29 is 9.59 Å². The second kappa shape index (κ2) is 5.80. The van der Waals surface area contributed by atoms with Gasteiger partial charge in [-0.3, -0.25) is 9.59 Å². The van der Waals surface area contributed by atoms with Crippen molar-refractivity contribution in [3.63, 3.8) is 0 Å². The molecule has 3 nitrogen and oxygen atoms in total. The summed E-state index contributed by atoms with van der Waals surface area (Å²) in [5, 5.41) is 0. The van der Waals surface area contributed by atoms with E-state index in [1.165, 1.54) is 0 Å². The van der Waals surface area contributed by atoms with E-state index < -0.39 is 0 Å². The summed E-state index contributed by atoms with van der Waals surface area (Å²) in [6.07, 6.45) is 2.85. The molecule has 1 aromatic carbocycles. The van der Waals surface area contributed by atoms with Crippen LogP contribution >= 0.6 is 0 Å². The standard InChI is InChI=1S/C15H19NO2/c1-12-4-6-13(7-5-12)14(17)8-9-15(18)16-10-2-3-11-16/h4-7H,2-3,8-11H2,1H3. The van der Waals surface area contributed by atoms with E-state index in [0.29, 0.717) is 18.4 Å². The van der Waals surface area contributed by atoms with Gasteiger partial charge in [0.05, 0.1) is 0 Å². The number of benzene rings is 1. The van der Waals surface area contributed by atoms with Gasteiger partial charge in [0.25, 0.3) is 0 Å². The number of nitrogens with zero attached hydrogens (tertiary/aromatic N) is 1. The van der Waals surface area contributed by atoms with Gasteiger partial charge in [-0.25, -0.2) is 0 Å².